The summed E-state index contributed by atoms with van der Waals surface area (Å²) in [4.78, 5) is 11.7. The van der Waals surface area contributed by atoms with Gasteiger partial charge >= 0.3 is 0 Å². The minimum atomic E-state index is -2.37. The van der Waals surface area contributed by atoms with Gasteiger partial charge in [-0.25, -0.2) is 0 Å². The third kappa shape index (κ3) is 9.19. The van der Waals surface area contributed by atoms with Gasteiger partial charge in [0, 0.05) is 6.42 Å². The molecule has 1 unspecified atom stereocenters. The maximum atomic E-state index is 11.7. The van der Waals surface area contributed by atoms with Crippen LogP contribution in [0.5, 0.6) is 0 Å². The van der Waals surface area contributed by atoms with Gasteiger partial charge in [-0.1, -0.05) is 45.0 Å². The maximum absolute atomic E-state index is 11.7. The largest absolute Gasteiger partial charge is 0.322 e. The Bertz CT molecular complexity index is 284. The molecule has 0 amide bonds. The Balaban J connectivity index is 4.46. The predicted octanol–water partition coefficient (Wildman–Crippen LogP) is 4.95. The Morgan fingerprint density at radius 2 is 1.63 bits per heavy atom. The first-order valence-corrected chi connectivity index (χ1v) is 11.2. The smallest absolute Gasteiger partial charge is 0.248 e. The van der Waals surface area contributed by atoms with E-state index in [0.717, 1.165) is 25.7 Å². The fourth-order valence-corrected chi connectivity index (χ4v) is 6.79. The van der Waals surface area contributed by atoms with E-state index < -0.39 is 5.69 Å². The van der Waals surface area contributed by atoms with Gasteiger partial charge in [0.25, 0.3) is 0 Å². The van der Waals surface area contributed by atoms with Gasteiger partial charge in [0.2, 0.25) is 5.69 Å². The van der Waals surface area contributed by atoms with E-state index in [9.17, 15) is 4.79 Å². The summed E-state index contributed by atoms with van der Waals surface area (Å²) in [5, 5.41) is -0.140. The average Bonchev–Trinajstić information content (AvgIpc) is 2.38. The maximum Gasteiger partial charge on any atom is 0.248 e. The topological polar surface area (TPSA) is 35.5 Å². The molecule has 0 aromatic rings. The zero-order chi connectivity index (χ0) is 14.7. The molecule has 6 heteroatoms. The van der Waals surface area contributed by atoms with Crippen molar-refractivity contribution in [1.29, 1.82) is 0 Å². The van der Waals surface area contributed by atoms with Crippen LogP contribution in [0, 0.1) is 0 Å². The molecule has 0 aliphatic heterocycles. The molecule has 0 spiro atoms. The lowest BCUT2D eigenvalue weighted by Gasteiger charge is -2.23. The molecule has 0 aliphatic rings. The van der Waals surface area contributed by atoms with Gasteiger partial charge in [-0.15, -0.1) is 0 Å². The monoisotopic (exact) mass is 326 g/mol. The van der Waals surface area contributed by atoms with Crippen LogP contribution in [0.2, 0.25) is 0 Å². The third-order valence-electron chi connectivity index (χ3n) is 2.58. The van der Waals surface area contributed by atoms with Crippen LogP contribution in [0.25, 0.3) is 0 Å². The van der Waals surface area contributed by atoms with Crippen LogP contribution >= 0.6 is 17.1 Å². The van der Waals surface area contributed by atoms with E-state index in [0.29, 0.717) is 19.6 Å². The standard InChI is InChI=1S/C13H27O3PS2/c1-5-8-10-15-17(18,16-11-9-6-2)19-12(4)13(14)7-3/h12H,5-11H2,1-4H3. The van der Waals surface area contributed by atoms with Crippen LogP contribution in [-0.2, 0) is 25.6 Å². The molecule has 0 aromatic carbocycles. The van der Waals surface area contributed by atoms with Crippen molar-refractivity contribution in [3.8, 4) is 0 Å². The highest BCUT2D eigenvalue weighted by atomic mass is 32.9. The fourth-order valence-electron chi connectivity index (χ4n) is 1.28. The number of unbranched alkanes of at least 4 members (excludes halogenated alkanes) is 2. The summed E-state index contributed by atoms with van der Waals surface area (Å²) in [5.74, 6) is 0.206. The molecule has 0 aliphatic carbocycles. The summed E-state index contributed by atoms with van der Waals surface area (Å²) in [6, 6.07) is 0. The summed E-state index contributed by atoms with van der Waals surface area (Å²) in [5.41, 5.74) is -2.37. The summed E-state index contributed by atoms with van der Waals surface area (Å²) < 4.78 is 11.6. The van der Waals surface area contributed by atoms with Crippen molar-refractivity contribution < 1.29 is 13.8 Å². The molecular formula is C13H27O3PS2. The number of Topliss-reactive ketones (excluding diaryl/α,β-unsaturated/α-hetero) is 1. The number of hydrogen-bond acceptors (Lipinski definition) is 5. The average molecular weight is 326 g/mol. The molecule has 0 N–H and O–H groups in total. The number of carbonyl (C=O) groups excluding carboxylic acids is 1. The molecule has 0 fully saturated rings. The van der Waals surface area contributed by atoms with E-state index >= 15 is 0 Å². The van der Waals surface area contributed by atoms with E-state index in [-0.39, 0.29) is 11.0 Å². The molecule has 0 radical (unpaired) electrons. The quantitative estimate of drug-likeness (QED) is 0.375. The van der Waals surface area contributed by atoms with Gasteiger partial charge in [0.1, 0.15) is 5.78 Å². The van der Waals surface area contributed by atoms with E-state index in [1.54, 1.807) is 0 Å². The van der Waals surface area contributed by atoms with Crippen LogP contribution in [-0.4, -0.2) is 24.2 Å². The Kier molecular flexibility index (Phi) is 11.6. The minimum absolute atomic E-state index is 0.140. The second-order valence-electron chi connectivity index (χ2n) is 4.39. The predicted molar refractivity (Wildman–Crippen MR) is 88.4 cm³/mol. The van der Waals surface area contributed by atoms with Crippen LogP contribution in [0.4, 0.5) is 0 Å². The van der Waals surface area contributed by atoms with Crippen molar-refractivity contribution in [3.05, 3.63) is 0 Å². The zero-order valence-electron chi connectivity index (χ0n) is 12.5. The molecule has 0 saturated carbocycles. The Labute approximate surface area is 127 Å². The summed E-state index contributed by atoms with van der Waals surface area (Å²) in [6.45, 7) is 9.24. The van der Waals surface area contributed by atoms with Gasteiger partial charge < -0.3 is 9.05 Å². The van der Waals surface area contributed by atoms with E-state index in [4.69, 9.17) is 20.9 Å². The molecule has 1 atom stereocenters. The molecule has 3 nitrogen and oxygen atoms in total. The molecule has 19 heavy (non-hydrogen) atoms. The van der Waals surface area contributed by atoms with Crippen LogP contribution in [0.15, 0.2) is 0 Å². The second-order valence-corrected chi connectivity index (χ2v) is 10.9. The van der Waals surface area contributed by atoms with Gasteiger partial charge in [0.05, 0.1) is 18.5 Å². The molecule has 0 bridgehead atoms. The lowest BCUT2D eigenvalue weighted by molar-refractivity contribution is -0.117. The molecule has 114 valence electrons. The van der Waals surface area contributed by atoms with Gasteiger partial charge in [-0.3, -0.25) is 4.79 Å². The molecule has 0 rings (SSSR count). The second kappa shape index (κ2) is 11.3. The first-order valence-electron chi connectivity index (χ1n) is 7.09. The van der Waals surface area contributed by atoms with Crippen molar-refractivity contribution in [3.63, 3.8) is 0 Å². The molecule has 0 aromatic heterocycles. The Hall–Kier alpha value is 0.590. The Morgan fingerprint density at radius 1 is 1.16 bits per heavy atom. The first-order chi connectivity index (χ1) is 8.99. The lowest BCUT2D eigenvalue weighted by Crippen LogP contribution is -2.12. The number of hydrogen-bond donors (Lipinski definition) is 0. The molecular weight excluding hydrogens is 299 g/mol. The van der Waals surface area contributed by atoms with Crippen molar-refractivity contribution in [1.82, 2.24) is 0 Å². The normalized spacial score (nSPS) is 13.5. The number of rotatable bonds is 12. The summed E-state index contributed by atoms with van der Waals surface area (Å²) >= 11 is 6.96. The summed E-state index contributed by atoms with van der Waals surface area (Å²) in [7, 11) is 0. The van der Waals surface area contributed by atoms with Gasteiger partial charge in [-0.2, -0.15) is 0 Å². The molecule has 0 saturated heterocycles. The van der Waals surface area contributed by atoms with Gasteiger partial charge in [-0.05, 0) is 31.6 Å². The van der Waals surface area contributed by atoms with E-state index in [2.05, 4.69) is 13.8 Å². The van der Waals surface area contributed by atoms with Crippen molar-refractivity contribution in [2.24, 2.45) is 0 Å². The van der Waals surface area contributed by atoms with Crippen LogP contribution in [0.1, 0.15) is 59.8 Å². The zero-order valence-corrected chi connectivity index (χ0v) is 15.0. The first kappa shape index (κ1) is 19.6. The number of carbonyl (C=O) groups is 1. The van der Waals surface area contributed by atoms with Crippen molar-refractivity contribution in [2.45, 2.75) is 65.0 Å². The van der Waals surface area contributed by atoms with Gasteiger partial charge in [0.15, 0.2) is 0 Å². The highest BCUT2D eigenvalue weighted by molar-refractivity contribution is 8.68. The van der Waals surface area contributed by atoms with Crippen molar-refractivity contribution in [2.75, 3.05) is 13.2 Å². The molecule has 0 heterocycles. The highest BCUT2D eigenvalue weighted by Gasteiger charge is 2.26. The van der Waals surface area contributed by atoms with Crippen LogP contribution in [0.3, 0.4) is 0 Å². The summed E-state index contributed by atoms with van der Waals surface area (Å²) in [6.07, 6.45) is 4.63. The lowest BCUT2D eigenvalue weighted by atomic mass is 10.2. The van der Waals surface area contributed by atoms with E-state index in [1.807, 2.05) is 13.8 Å². The highest BCUT2D eigenvalue weighted by Crippen LogP contribution is 2.63. The fraction of sp³-hybridized carbons (Fsp3) is 0.923. The van der Waals surface area contributed by atoms with Crippen molar-refractivity contribution >= 4 is 34.7 Å². The third-order valence-corrected chi connectivity index (χ3v) is 8.18. The SMILES string of the molecule is CCCCOP(=S)(OCCCC)SC(C)C(=O)CC. The van der Waals surface area contributed by atoms with Crippen LogP contribution < -0.4 is 0 Å². The van der Waals surface area contributed by atoms with E-state index in [1.165, 1.54) is 11.4 Å². The number of ketones is 1. The minimum Gasteiger partial charge on any atom is -0.322 e. The Morgan fingerprint density at radius 3 is 2.00 bits per heavy atom.